The highest BCUT2D eigenvalue weighted by Gasteiger charge is 2.21. The molecule has 2 aromatic carbocycles. The molecule has 0 spiro atoms. The van der Waals surface area contributed by atoms with Crippen LogP contribution < -0.4 is 10.6 Å². The minimum atomic E-state index is -0.755. The van der Waals surface area contributed by atoms with Gasteiger partial charge in [0, 0.05) is 16.6 Å². The summed E-state index contributed by atoms with van der Waals surface area (Å²) in [7, 11) is 1.30. The van der Waals surface area contributed by atoms with Crippen LogP contribution >= 0.6 is 15.9 Å². The first-order valence-electron chi connectivity index (χ1n) is 7.03. The van der Waals surface area contributed by atoms with Crippen molar-refractivity contribution >= 4 is 33.6 Å². The molecule has 120 valence electrons. The Bertz CT molecular complexity index is 677. The molecule has 2 rings (SSSR count). The standard InChI is InChI=1S/C17H17BrN2O3/c1-23-16(21)15(10-12-6-3-2-4-7-12)20-17(22)19-14-9-5-8-13(18)11-14/h2-9,11,15H,10H2,1H3,(H2,19,20,22)/t15-/m0/s1. The molecular weight excluding hydrogens is 360 g/mol. The van der Waals surface area contributed by atoms with Crippen molar-refractivity contribution in [2.24, 2.45) is 0 Å². The third-order valence-electron chi connectivity index (χ3n) is 3.16. The molecule has 2 aromatic rings. The third-order valence-corrected chi connectivity index (χ3v) is 3.65. The van der Waals surface area contributed by atoms with Gasteiger partial charge in [0.2, 0.25) is 0 Å². The second-order valence-corrected chi connectivity index (χ2v) is 5.79. The number of esters is 1. The lowest BCUT2D eigenvalue weighted by Gasteiger charge is -2.17. The summed E-state index contributed by atoms with van der Waals surface area (Å²) in [4.78, 5) is 24.0. The highest BCUT2D eigenvalue weighted by atomic mass is 79.9. The van der Waals surface area contributed by atoms with E-state index in [2.05, 4.69) is 26.6 Å². The number of hydrogen-bond donors (Lipinski definition) is 2. The summed E-state index contributed by atoms with van der Waals surface area (Å²) in [6.45, 7) is 0. The van der Waals surface area contributed by atoms with Gasteiger partial charge in [0.25, 0.3) is 0 Å². The molecule has 0 saturated heterocycles. The van der Waals surface area contributed by atoms with Crippen LogP contribution in [0.4, 0.5) is 10.5 Å². The van der Waals surface area contributed by atoms with Crippen LogP contribution in [0.1, 0.15) is 5.56 Å². The Kier molecular flexibility index (Phi) is 6.17. The number of anilines is 1. The van der Waals surface area contributed by atoms with E-state index in [1.54, 1.807) is 18.2 Å². The average molecular weight is 377 g/mol. The van der Waals surface area contributed by atoms with Gasteiger partial charge in [-0.15, -0.1) is 0 Å². The number of methoxy groups -OCH3 is 1. The quantitative estimate of drug-likeness (QED) is 0.786. The number of carbonyl (C=O) groups is 2. The van der Waals surface area contributed by atoms with Gasteiger partial charge in [0.05, 0.1) is 7.11 Å². The zero-order chi connectivity index (χ0) is 16.7. The number of urea groups is 1. The molecule has 0 aliphatic carbocycles. The van der Waals surface area contributed by atoms with Crippen LogP contribution in [0.5, 0.6) is 0 Å². The number of nitrogens with one attached hydrogen (secondary N) is 2. The third kappa shape index (κ3) is 5.41. The van der Waals surface area contributed by atoms with Gasteiger partial charge in [0.15, 0.2) is 0 Å². The van der Waals surface area contributed by atoms with Gasteiger partial charge in [-0.25, -0.2) is 9.59 Å². The maximum atomic E-state index is 12.1. The van der Waals surface area contributed by atoms with Crippen molar-refractivity contribution in [2.45, 2.75) is 12.5 Å². The minimum absolute atomic E-state index is 0.361. The molecule has 2 amide bonds. The van der Waals surface area contributed by atoms with Crippen molar-refractivity contribution in [2.75, 3.05) is 12.4 Å². The summed E-state index contributed by atoms with van der Waals surface area (Å²) in [6.07, 6.45) is 0.361. The highest BCUT2D eigenvalue weighted by molar-refractivity contribution is 9.10. The van der Waals surface area contributed by atoms with Gasteiger partial charge in [0.1, 0.15) is 6.04 Å². The van der Waals surface area contributed by atoms with Crippen LogP contribution in [-0.2, 0) is 16.0 Å². The molecule has 0 heterocycles. The normalized spacial score (nSPS) is 11.4. The molecule has 0 aromatic heterocycles. The number of ether oxygens (including phenoxy) is 1. The monoisotopic (exact) mass is 376 g/mol. The smallest absolute Gasteiger partial charge is 0.328 e. The predicted octanol–water partition coefficient (Wildman–Crippen LogP) is 3.35. The fraction of sp³-hybridized carbons (Fsp3) is 0.176. The first-order chi connectivity index (χ1) is 11.1. The molecule has 2 N–H and O–H groups in total. The summed E-state index contributed by atoms with van der Waals surface area (Å²) in [5.41, 5.74) is 1.56. The van der Waals surface area contributed by atoms with E-state index in [-0.39, 0.29) is 0 Å². The van der Waals surface area contributed by atoms with Crippen molar-refractivity contribution in [3.8, 4) is 0 Å². The van der Waals surface area contributed by atoms with E-state index >= 15 is 0 Å². The van der Waals surface area contributed by atoms with Crippen molar-refractivity contribution < 1.29 is 14.3 Å². The van der Waals surface area contributed by atoms with Gasteiger partial charge < -0.3 is 15.4 Å². The van der Waals surface area contributed by atoms with E-state index in [1.165, 1.54) is 7.11 Å². The van der Waals surface area contributed by atoms with E-state index in [9.17, 15) is 9.59 Å². The van der Waals surface area contributed by atoms with E-state index in [4.69, 9.17) is 4.74 Å². The summed E-state index contributed by atoms with van der Waals surface area (Å²) < 4.78 is 5.62. The second-order valence-electron chi connectivity index (χ2n) is 4.87. The fourth-order valence-electron chi connectivity index (χ4n) is 2.08. The molecule has 0 radical (unpaired) electrons. The van der Waals surface area contributed by atoms with Crippen LogP contribution in [0.3, 0.4) is 0 Å². The topological polar surface area (TPSA) is 67.4 Å². The molecule has 0 aliphatic rings. The maximum absolute atomic E-state index is 12.1. The van der Waals surface area contributed by atoms with Gasteiger partial charge in [-0.05, 0) is 23.8 Å². The molecule has 5 nitrogen and oxygen atoms in total. The molecule has 1 atom stereocenters. The zero-order valence-corrected chi connectivity index (χ0v) is 14.2. The van der Waals surface area contributed by atoms with Crippen molar-refractivity contribution in [3.05, 3.63) is 64.6 Å². The Morgan fingerprint density at radius 2 is 1.87 bits per heavy atom. The molecule has 0 unspecified atom stereocenters. The molecule has 0 bridgehead atoms. The summed E-state index contributed by atoms with van der Waals surface area (Å²) in [5, 5.41) is 5.33. The molecule has 0 fully saturated rings. The Balaban J connectivity index is 2.02. The Morgan fingerprint density at radius 3 is 2.52 bits per heavy atom. The molecule has 23 heavy (non-hydrogen) atoms. The second kappa shape index (κ2) is 8.33. The maximum Gasteiger partial charge on any atom is 0.328 e. The average Bonchev–Trinajstić information content (AvgIpc) is 2.54. The molecular formula is C17H17BrN2O3. The summed E-state index contributed by atoms with van der Waals surface area (Å²) >= 11 is 3.34. The predicted molar refractivity (Wildman–Crippen MR) is 92.2 cm³/mol. The number of carbonyl (C=O) groups excluding carboxylic acids is 2. The Hall–Kier alpha value is -2.34. The van der Waals surface area contributed by atoms with Crippen molar-refractivity contribution in [1.29, 1.82) is 0 Å². The molecule has 0 aliphatic heterocycles. The zero-order valence-electron chi connectivity index (χ0n) is 12.6. The lowest BCUT2D eigenvalue weighted by atomic mass is 10.1. The number of hydrogen-bond acceptors (Lipinski definition) is 3. The van der Waals surface area contributed by atoms with E-state index in [0.29, 0.717) is 12.1 Å². The first kappa shape index (κ1) is 17.0. The van der Waals surface area contributed by atoms with Crippen LogP contribution in [0, 0.1) is 0 Å². The van der Waals surface area contributed by atoms with Crippen LogP contribution in [0.25, 0.3) is 0 Å². The van der Waals surface area contributed by atoms with Crippen molar-refractivity contribution in [3.63, 3.8) is 0 Å². The van der Waals surface area contributed by atoms with Gasteiger partial charge in [-0.2, -0.15) is 0 Å². The first-order valence-corrected chi connectivity index (χ1v) is 7.82. The molecule has 6 heteroatoms. The van der Waals surface area contributed by atoms with E-state index < -0.39 is 18.0 Å². The lowest BCUT2D eigenvalue weighted by Crippen LogP contribution is -2.45. The lowest BCUT2D eigenvalue weighted by molar-refractivity contribution is -0.142. The van der Waals surface area contributed by atoms with E-state index in [0.717, 1.165) is 10.0 Å². The van der Waals surface area contributed by atoms with Crippen LogP contribution in [0.2, 0.25) is 0 Å². The Morgan fingerprint density at radius 1 is 1.13 bits per heavy atom. The fourth-order valence-corrected chi connectivity index (χ4v) is 2.48. The van der Waals surface area contributed by atoms with Gasteiger partial charge in [-0.3, -0.25) is 0 Å². The number of amides is 2. The summed E-state index contributed by atoms with van der Waals surface area (Å²) in [5.74, 6) is -0.488. The minimum Gasteiger partial charge on any atom is -0.467 e. The Labute approximate surface area is 143 Å². The molecule has 0 saturated carbocycles. The largest absolute Gasteiger partial charge is 0.467 e. The highest BCUT2D eigenvalue weighted by Crippen LogP contribution is 2.15. The van der Waals surface area contributed by atoms with Crippen LogP contribution in [0.15, 0.2) is 59.1 Å². The van der Waals surface area contributed by atoms with Gasteiger partial charge >= 0.3 is 12.0 Å². The number of benzene rings is 2. The van der Waals surface area contributed by atoms with Crippen LogP contribution in [-0.4, -0.2) is 25.2 Å². The van der Waals surface area contributed by atoms with Crippen molar-refractivity contribution in [1.82, 2.24) is 5.32 Å². The SMILES string of the molecule is COC(=O)[C@H](Cc1ccccc1)NC(=O)Nc1cccc(Br)c1. The number of halogens is 1. The van der Waals surface area contributed by atoms with Gasteiger partial charge in [-0.1, -0.05) is 52.3 Å². The van der Waals surface area contributed by atoms with E-state index in [1.807, 2.05) is 36.4 Å². The number of rotatable bonds is 5. The summed E-state index contributed by atoms with van der Waals surface area (Å²) in [6, 6.07) is 15.4.